The highest BCUT2D eigenvalue weighted by Crippen LogP contribution is 2.34. The van der Waals surface area contributed by atoms with Gasteiger partial charge in [0, 0.05) is 18.5 Å². The molecule has 0 fully saturated rings. The lowest BCUT2D eigenvalue weighted by atomic mass is 10.3. The number of aromatic nitrogens is 5. The Bertz CT molecular complexity index is 995. The van der Waals surface area contributed by atoms with Gasteiger partial charge in [0.2, 0.25) is 0 Å². The molecule has 2 aromatic heterocycles. The summed E-state index contributed by atoms with van der Waals surface area (Å²) in [5.41, 5.74) is 0.365. The first-order valence-corrected chi connectivity index (χ1v) is 9.51. The quantitative estimate of drug-likeness (QED) is 0.604. The fourth-order valence-corrected chi connectivity index (χ4v) is 2.96. The van der Waals surface area contributed by atoms with Gasteiger partial charge in [-0.15, -0.1) is 0 Å². The van der Waals surface area contributed by atoms with Crippen LogP contribution < -0.4 is 15.4 Å². The summed E-state index contributed by atoms with van der Waals surface area (Å²) in [4.78, 5) is 25.0. The second-order valence-electron chi connectivity index (χ2n) is 6.33. The van der Waals surface area contributed by atoms with E-state index in [4.69, 9.17) is 27.9 Å². The number of amides is 2. The number of nitrogens with one attached hydrogen (secondary N) is 2. The van der Waals surface area contributed by atoms with Gasteiger partial charge in [0.05, 0.1) is 27.9 Å². The van der Waals surface area contributed by atoms with E-state index in [9.17, 15) is 4.79 Å². The number of urea groups is 1. The second-order valence-corrected chi connectivity index (χ2v) is 7.14. The van der Waals surface area contributed by atoms with Crippen LogP contribution in [0.3, 0.4) is 0 Å². The standard InChI is InChI=1S/C18H19Cl2N7O2/c1-10(2)29-15-8-14(12(19)7-13(15)20)26-18(28)25-11(3)16-23-9-24-27(16)17-21-5-4-6-22-17/h4-11H,1-3H3,(H2,25,26,28). The lowest BCUT2D eigenvalue weighted by Gasteiger charge is -2.17. The Labute approximate surface area is 177 Å². The van der Waals surface area contributed by atoms with E-state index in [2.05, 4.69) is 30.7 Å². The maximum absolute atomic E-state index is 12.5. The molecule has 1 aromatic carbocycles. The molecule has 2 heterocycles. The fraction of sp³-hybridized carbons (Fsp3) is 0.278. The molecule has 2 N–H and O–H groups in total. The number of anilines is 1. The first kappa shape index (κ1) is 20.8. The highest BCUT2D eigenvalue weighted by molar-refractivity contribution is 6.37. The first-order chi connectivity index (χ1) is 13.8. The summed E-state index contributed by atoms with van der Waals surface area (Å²) in [5, 5.41) is 10.2. The molecule has 0 aliphatic rings. The lowest BCUT2D eigenvalue weighted by Crippen LogP contribution is -2.32. The number of ether oxygens (including phenoxy) is 1. The van der Waals surface area contributed by atoms with Crippen molar-refractivity contribution in [2.75, 3.05) is 5.32 Å². The van der Waals surface area contributed by atoms with Crippen LogP contribution in [0, 0.1) is 0 Å². The van der Waals surface area contributed by atoms with Crippen LogP contribution in [0.1, 0.15) is 32.6 Å². The van der Waals surface area contributed by atoms with Crippen molar-refractivity contribution >= 4 is 34.9 Å². The van der Waals surface area contributed by atoms with Crippen molar-refractivity contribution in [3.8, 4) is 11.7 Å². The first-order valence-electron chi connectivity index (χ1n) is 8.75. The molecule has 3 aromatic rings. The molecule has 152 valence electrons. The summed E-state index contributed by atoms with van der Waals surface area (Å²) in [6.45, 7) is 5.51. The van der Waals surface area contributed by atoms with Gasteiger partial charge in [-0.3, -0.25) is 0 Å². The summed E-state index contributed by atoms with van der Waals surface area (Å²) in [6.07, 6.45) is 4.48. The Kier molecular flexibility index (Phi) is 6.50. The number of rotatable bonds is 6. The van der Waals surface area contributed by atoms with E-state index in [1.807, 2.05) is 13.8 Å². The molecule has 0 saturated carbocycles. The topological polar surface area (TPSA) is 107 Å². The monoisotopic (exact) mass is 435 g/mol. The van der Waals surface area contributed by atoms with Crippen molar-refractivity contribution in [1.82, 2.24) is 30.0 Å². The second kappa shape index (κ2) is 9.06. The molecule has 0 bridgehead atoms. The van der Waals surface area contributed by atoms with Crippen LogP contribution in [0.5, 0.6) is 5.75 Å². The molecule has 9 nitrogen and oxygen atoms in total. The fourth-order valence-electron chi connectivity index (χ4n) is 2.49. The van der Waals surface area contributed by atoms with Crippen LogP contribution in [0.15, 0.2) is 36.9 Å². The molecule has 1 unspecified atom stereocenters. The summed E-state index contributed by atoms with van der Waals surface area (Å²) < 4.78 is 7.08. The smallest absolute Gasteiger partial charge is 0.319 e. The van der Waals surface area contributed by atoms with Crippen LogP contribution in [0.2, 0.25) is 10.0 Å². The molecule has 0 spiro atoms. The third-order valence-corrected chi connectivity index (χ3v) is 4.29. The van der Waals surface area contributed by atoms with Crippen LogP contribution >= 0.6 is 23.2 Å². The van der Waals surface area contributed by atoms with Gasteiger partial charge < -0.3 is 15.4 Å². The van der Waals surface area contributed by atoms with Gasteiger partial charge in [0.15, 0.2) is 5.82 Å². The van der Waals surface area contributed by atoms with E-state index >= 15 is 0 Å². The Balaban J connectivity index is 1.73. The van der Waals surface area contributed by atoms with E-state index in [1.165, 1.54) is 17.1 Å². The lowest BCUT2D eigenvalue weighted by molar-refractivity contribution is 0.242. The van der Waals surface area contributed by atoms with Gasteiger partial charge in [-0.2, -0.15) is 9.78 Å². The number of carbonyl (C=O) groups excluding carboxylic acids is 1. The molecule has 0 radical (unpaired) electrons. The van der Waals surface area contributed by atoms with Crippen LogP contribution in [0.25, 0.3) is 5.95 Å². The molecule has 0 aliphatic heterocycles. The van der Waals surface area contributed by atoms with E-state index in [1.54, 1.807) is 31.5 Å². The number of nitrogens with zero attached hydrogens (tertiary/aromatic N) is 5. The Hall–Kier alpha value is -2.91. The Morgan fingerprint density at radius 3 is 2.52 bits per heavy atom. The molecule has 2 amide bonds. The summed E-state index contributed by atoms with van der Waals surface area (Å²) >= 11 is 12.3. The molecule has 1 atom stereocenters. The van der Waals surface area contributed by atoms with Crippen molar-refractivity contribution in [1.29, 1.82) is 0 Å². The summed E-state index contributed by atoms with van der Waals surface area (Å²) in [5.74, 6) is 1.25. The van der Waals surface area contributed by atoms with Crippen LogP contribution in [0.4, 0.5) is 10.5 Å². The van der Waals surface area contributed by atoms with Crippen molar-refractivity contribution < 1.29 is 9.53 Å². The minimum absolute atomic E-state index is 0.0815. The van der Waals surface area contributed by atoms with Gasteiger partial charge in [0.25, 0.3) is 5.95 Å². The zero-order valence-electron chi connectivity index (χ0n) is 15.9. The van der Waals surface area contributed by atoms with E-state index in [0.717, 1.165) is 0 Å². The third-order valence-electron chi connectivity index (χ3n) is 3.68. The molecule has 11 heteroatoms. The largest absolute Gasteiger partial charge is 0.489 e. The highest BCUT2D eigenvalue weighted by atomic mass is 35.5. The maximum atomic E-state index is 12.5. The predicted octanol–water partition coefficient (Wildman–Crippen LogP) is 4.03. The molecule has 0 saturated heterocycles. The Morgan fingerprint density at radius 2 is 1.83 bits per heavy atom. The number of hydrogen-bond acceptors (Lipinski definition) is 6. The van der Waals surface area contributed by atoms with Crippen molar-refractivity contribution in [3.05, 3.63) is 52.8 Å². The molecular weight excluding hydrogens is 417 g/mol. The molecule has 0 aliphatic carbocycles. The van der Waals surface area contributed by atoms with Crippen LogP contribution in [-0.4, -0.2) is 36.9 Å². The zero-order chi connectivity index (χ0) is 21.0. The van der Waals surface area contributed by atoms with E-state index in [0.29, 0.717) is 28.2 Å². The number of benzene rings is 1. The summed E-state index contributed by atoms with van der Waals surface area (Å²) in [6, 6.07) is 3.82. The summed E-state index contributed by atoms with van der Waals surface area (Å²) in [7, 11) is 0. The SMILES string of the molecule is CC(C)Oc1cc(NC(=O)NC(C)c2ncnn2-c2ncccn2)c(Cl)cc1Cl. The van der Waals surface area contributed by atoms with Crippen molar-refractivity contribution in [2.24, 2.45) is 0 Å². The molecule has 29 heavy (non-hydrogen) atoms. The van der Waals surface area contributed by atoms with Gasteiger partial charge in [0.1, 0.15) is 12.1 Å². The van der Waals surface area contributed by atoms with E-state index in [-0.39, 0.29) is 11.1 Å². The van der Waals surface area contributed by atoms with Crippen LogP contribution in [-0.2, 0) is 0 Å². The van der Waals surface area contributed by atoms with Crippen molar-refractivity contribution in [2.45, 2.75) is 32.9 Å². The van der Waals surface area contributed by atoms with Gasteiger partial charge in [-0.05, 0) is 32.9 Å². The third kappa shape index (κ3) is 5.12. The van der Waals surface area contributed by atoms with Crippen molar-refractivity contribution in [3.63, 3.8) is 0 Å². The van der Waals surface area contributed by atoms with Gasteiger partial charge in [-0.25, -0.2) is 19.7 Å². The molecule has 3 rings (SSSR count). The predicted molar refractivity (Wildman–Crippen MR) is 110 cm³/mol. The van der Waals surface area contributed by atoms with Gasteiger partial charge >= 0.3 is 6.03 Å². The normalized spacial score (nSPS) is 11.9. The minimum atomic E-state index is -0.487. The highest BCUT2D eigenvalue weighted by Gasteiger charge is 2.19. The number of halogens is 2. The Morgan fingerprint density at radius 1 is 1.10 bits per heavy atom. The zero-order valence-corrected chi connectivity index (χ0v) is 17.4. The molecular formula is C18H19Cl2N7O2. The minimum Gasteiger partial charge on any atom is -0.489 e. The number of hydrogen-bond donors (Lipinski definition) is 2. The average molecular weight is 436 g/mol. The van der Waals surface area contributed by atoms with Gasteiger partial charge in [-0.1, -0.05) is 23.2 Å². The average Bonchev–Trinajstić information content (AvgIpc) is 3.16. The number of carbonyl (C=O) groups is 1. The van der Waals surface area contributed by atoms with E-state index < -0.39 is 12.1 Å². The maximum Gasteiger partial charge on any atom is 0.319 e.